The van der Waals surface area contributed by atoms with Crippen LogP contribution in [-0.4, -0.2) is 24.7 Å². The molecule has 0 aromatic rings. The van der Waals surface area contributed by atoms with Gasteiger partial charge in [-0.2, -0.15) is 0 Å². The SMILES string of the molecule is C#CCC(C)NC1CCCC1C1CCCN1. The van der Waals surface area contributed by atoms with Crippen LogP contribution in [0, 0.1) is 18.3 Å². The highest BCUT2D eigenvalue weighted by atomic mass is 15.0. The molecule has 0 spiro atoms. The average Bonchev–Trinajstić information content (AvgIpc) is 2.86. The second-order valence-corrected chi connectivity index (χ2v) is 5.38. The van der Waals surface area contributed by atoms with Gasteiger partial charge in [-0.05, 0) is 45.1 Å². The smallest absolute Gasteiger partial charge is 0.0238 e. The standard InChI is InChI=1S/C14H24N2/c1-3-6-11(2)16-14-8-4-7-12(14)13-9-5-10-15-13/h1,11-16H,4-10H2,2H3. The van der Waals surface area contributed by atoms with E-state index in [1.54, 1.807) is 0 Å². The van der Waals surface area contributed by atoms with Gasteiger partial charge in [0.25, 0.3) is 0 Å². The van der Waals surface area contributed by atoms with Crippen LogP contribution in [0.1, 0.15) is 45.4 Å². The van der Waals surface area contributed by atoms with E-state index in [2.05, 4.69) is 23.5 Å². The lowest BCUT2D eigenvalue weighted by molar-refractivity contribution is 0.303. The summed E-state index contributed by atoms with van der Waals surface area (Å²) in [5.41, 5.74) is 0. The zero-order chi connectivity index (χ0) is 11.4. The molecule has 1 saturated carbocycles. The van der Waals surface area contributed by atoms with E-state index in [0.717, 1.165) is 18.4 Å². The highest BCUT2D eigenvalue weighted by molar-refractivity contribution is 4.96. The number of hydrogen-bond acceptors (Lipinski definition) is 2. The minimum absolute atomic E-state index is 0.469. The van der Waals surface area contributed by atoms with Crippen LogP contribution in [0.2, 0.25) is 0 Å². The van der Waals surface area contributed by atoms with E-state index in [1.165, 1.54) is 38.6 Å². The van der Waals surface area contributed by atoms with Crippen LogP contribution in [-0.2, 0) is 0 Å². The van der Waals surface area contributed by atoms with E-state index in [-0.39, 0.29) is 0 Å². The molecule has 0 bridgehead atoms. The molecule has 1 heterocycles. The fourth-order valence-electron chi connectivity index (χ4n) is 3.36. The van der Waals surface area contributed by atoms with Crippen molar-refractivity contribution < 1.29 is 0 Å². The van der Waals surface area contributed by atoms with Crippen molar-refractivity contribution in [3.63, 3.8) is 0 Å². The Bertz CT molecular complexity index is 250. The molecule has 16 heavy (non-hydrogen) atoms. The van der Waals surface area contributed by atoms with E-state index in [0.29, 0.717) is 12.1 Å². The van der Waals surface area contributed by atoms with Gasteiger partial charge in [-0.1, -0.05) is 6.42 Å². The molecule has 1 aliphatic heterocycles. The predicted molar refractivity (Wildman–Crippen MR) is 68.2 cm³/mol. The molecule has 4 unspecified atom stereocenters. The van der Waals surface area contributed by atoms with Gasteiger partial charge in [-0.25, -0.2) is 0 Å². The van der Waals surface area contributed by atoms with Crippen LogP contribution in [0.25, 0.3) is 0 Å². The summed E-state index contributed by atoms with van der Waals surface area (Å²) in [6.45, 7) is 3.42. The van der Waals surface area contributed by atoms with Crippen molar-refractivity contribution in [2.24, 2.45) is 5.92 Å². The summed E-state index contributed by atoms with van der Waals surface area (Å²) in [6, 6.07) is 1.92. The molecule has 2 fully saturated rings. The van der Waals surface area contributed by atoms with Gasteiger partial charge >= 0.3 is 0 Å². The first-order valence-corrected chi connectivity index (χ1v) is 6.74. The van der Waals surface area contributed by atoms with Crippen molar-refractivity contribution in [1.82, 2.24) is 10.6 Å². The van der Waals surface area contributed by atoms with Gasteiger partial charge in [0.05, 0.1) is 0 Å². The number of terminal acetylenes is 1. The van der Waals surface area contributed by atoms with Crippen molar-refractivity contribution in [2.75, 3.05) is 6.54 Å². The monoisotopic (exact) mass is 220 g/mol. The second-order valence-electron chi connectivity index (χ2n) is 5.38. The minimum Gasteiger partial charge on any atom is -0.314 e. The Morgan fingerprint density at radius 2 is 2.25 bits per heavy atom. The molecule has 0 amide bonds. The minimum atomic E-state index is 0.469. The Kier molecular flexibility index (Phi) is 4.26. The zero-order valence-corrected chi connectivity index (χ0v) is 10.3. The molecule has 0 aromatic carbocycles. The molecule has 90 valence electrons. The summed E-state index contributed by atoms with van der Waals surface area (Å²) in [4.78, 5) is 0. The summed E-state index contributed by atoms with van der Waals surface area (Å²) in [6.07, 6.45) is 13.0. The Labute approximate surface area is 99.6 Å². The maximum absolute atomic E-state index is 5.36. The third kappa shape index (κ3) is 2.78. The van der Waals surface area contributed by atoms with E-state index in [1.807, 2.05) is 0 Å². The quantitative estimate of drug-likeness (QED) is 0.707. The Balaban J connectivity index is 1.85. The molecule has 2 heteroatoms. The molecule has 2 N–H and O–H groups in total. The van der Waals surface area contributed by atoms with E-state index < -0.39 is 0 Å². The average molecular weight is 220 g/mol. The molecular formula is C14H24N2. The predicted octanol–water partition coefficient (Wildman–Crippen LogP) is 1.91. The van der Waals surface area contributed by atoms with E-state index in [4.69, 9.17) is 6.42 Å². The van der Waals surface area contributed by atoms with Crippen molar-refractivity contribution >= 4 is 0 Å². The van der Waals surface area contributed by atoms with Gasteiger partial charge in [0.1, 0.15) is 0 Å². The molecule has 4 atom stereocenters. The van der Waals surface area contributed by atoms with Crippen LogP contribution >= 0.6 is 0 Å². The van der Waals surface area contributed by atoms with Crippen molar-refractivity contribution in [3.05, 3.63) is 0 Å². The summed E-state index contributed by atoms with van der Waals surface area (Å²) in [7, 11) is 0. The van der Waals surface area contributed by atoms with Crippen molar-refractivity contribution in [3.8, 4) is 12.3 Å². The third-order valence-corrected chi connectivity index (χ3v) is 4.11. The van der Waals surface area contributed by atoms with Gasteiger partial charge in [-0.3, -0.25) is 0 Å². The molecule has 2 aliphatic rings. The molecular weight excluding hydrogens is 196 g/mol. The molecule has 2 rings (SSSR count). The van der Waals surface area contributed by atoms with Crippen LogP contribution < -0.4 is 10.6 Å². The Morgan fingerprint density at radius 1 is 1.38 bits per heavy atom. The summed E-state index contributed by atoms with van der Waals surface area (Å²) in [5, 5.41) is 7.38. The van der Waals surface area contributed by atoms with Gasteiger partial charge in [0, 0.05) is 24.5 Å². The Hall–Kier alpha value is -0.520. The second kappa shape index (κ2) is 5.70. The molecule has 1 saturated heterocycles. The maximum Gasteiger partial charge on any atom is 0.0238 e. The fraction of sp³-hybridized carbons (Fsp3) is 0.857. The first-order valence-electron chi connectivity index (χ1n) is 6.74. The maximum atomic E-state index is 5.36. The normalized spacial score (nSPS) is 36.1. The fourth-order valence-corrected chi connectivity index (χ4v) is 3.36. The first kappa shape index (κ1) is 12.0. The topological polar surface area (TPSA) is 24.1 Å². The Morgan fingerprint density at radius 3 is 2.94 bits per heavy atom. The highest BCUT2D eigenvalue weighted by Crippen LogP contribution is 2.32. The van der Waals surface area contributed by atoms with Crippen molar-refractivity contribution in [2.45, 2.75) is 63.6 Å². The van der Waals surface area contributed by atoms with Gasteiger partial charge in [0.2, 0.25) is 0 Å². The highest BCUT2D eigenvalue weighted by Gasteiger charge is 2.35. The summed E-state index contributed by atoms with van der Waals surface area (Å²) >= 11 is 0. The molecule has 0 aromatic heterocycles. The van der Waals surface area contributed by atoms with Crippen LogP contribution in [0.4, 0.5) is 0 Å². The number of rotatable bonds is 4. The lowest BCUT2D eigenvalue weighted by Crippen LogP contribution is -2.45. The third-order valence-electron chi connectivity index (χ3n) is 4.11. The number of nitrogens with one attached hydrogen (secondary N) is 2. The van der Waals surface area contributed by atoms with E-state index >= 15 is 0 Å². The largest absolute Gasteiger partial charge is 0.314 e. The lowest BCUT2D eigenvalue weighted by atomic mass is 9.92. The number of hydrogen-bond donors (Lipinski definition) is 2. The van der Waals surface area contributed by atoms with E-state index in [9.17, 15) is 0 Å². The van der Waals surface area contributed by atoms with Gasteiger partial charge in [0.15, 0.2) is 0 Å². The van der Waals surface area contributed by atoms with Crippen molar-refractivity contribution in [1.29, 1.82) is 0 Å². The lowest BCUT2D eigenvalue weighted by Gasteiger charge is -2.28. The molecule has 1 aliphatic carbocycles. The molecule has 2 nitrogen and oxygen atoms in total. The zero-order valence-electron chi connectivity index (χ0n) is 10.3. The molecule has 0 radical (unpaired) electrons. The van der Waals surface area contributed by atoms with Crippen LogP contribution in [0.5, 0.6) is 0 Å². The van der Waals surface area contributed by atoms with Gasteiger partial charge in [-0.15, -0.1) is 12.3 Å². The van der Waals surface area contributed by atoms with Crippen LogP contribution in [0.3, 0.4) is 0 Å². The summed E-state index contributed by atoms with van der Waals surface area (Å²) in [5.74, 6) is 3.58. The van der Waals surface area contributed by atoms with Crippen LogP contribution in [0.15, 0.2) is 0 Å². The summed E-state index contributed by atoms with van der Waals surface area (Å²) < 4.78 is 0. The first-order chi connectivity index (χ1) is 7.81. The van der Waals surface area contributed by atoms with Gasteiger partial charge < -0.3 is 10.6 Å².